The Bertz CT molecular complexity index is 546. The molecule has 1 aliphatic heterocycles. The van der Waals surface area contributed by atoms with Crippen molar-refractivity contribution in [2.75, 3.05) is 26.3 Å². The third kappa shape index (κ3) is 5.25. The van der Waals surface area contributed by atoms with Gasteiger partial charge in [0.15, 0.2) is 0 Å². The van der Waals surface area contributed by atoms with Crippen molar-refractivity contribution < 1.29 is 24.2 Å². The van der Waals surface area contributed by atoms with Gasteiger partial charge in [-0.3, -0.25) is 9.59 Å². The smallest absolute Gasteiger partial charge is 0.306 e. The highest BCUT2D eigenvalue weighted by atomic mass is 16.5. The Morgan fingerprint density at radius 2 is 2.17 bits per heavy atom. The van der Waals surface area contributed by atoms with Gasteiger partial charge in [0.25, 0.3) is 0 Å². The summed E-state index contributed by atoms with van der Waals surface area (Å²) in [6.45, 7) is 3.77. The molecule has 1 fully saturated rings. The molecular formula is C17H23NO5. The van der Waals surface area contributed by atoms with Crippen LogP contribution in [0.2, 0.25) is 0 Å². The lowest BCUT2D eigenvalue weighted by Gasteiger charge is -2.32. The molecule has 23 heavy (non-hydrogen) atoms. The van der Waals surface area contributed by atoms with Crippen molar-refractivity contribution in [2.24, 2.45) is 0 Å². The number of nitrogens with zero attached hydrogens (tertiary/aromatic N) is 1. The van der Waals surface area contributed by atoms with Crippen LogP contribution in [-0.2, 0) is 20.7 Å². The second-order valence-corrected chi connectivity index (χ2v) is 5.47. The molecule has 0 saturated carbocycles. The summed E-state index contributed by atoms with van der Waals surface area (Å²) in [4.78, 5) is 24.8. The zero-order valence-electron chi connectivity index (χ0n) is 13.4. The molecule has 6 heteroatoms. The average Bonchev–Trinajstić information content (AvgIpc) is 2.53. The standard InChI is InChI=1S/C17H23NO5/c1-2-22-15-6-4-3-5-13(15)7-8-16(19)18-9-10-23-14(12-18)11-17(20)21/h3-6,14H,2,7-12H2,1H3,(H,20,21)/t14-/m0/s1. The molecule has 1 atom stereocenters. The first-order chi connectivity index (χ1) is 11.1. The van der Waals surface area contributed by atoms with Crippen LogP contribution < -0.4 is 4.74 Å². The summed E-state index contributed by atoms with van der Waals surface area (Å²) >= 11 is 0. The number of aryl methyl sites for hydroxylation is 1. The van der Waals surface area contributed by atoms with Crippen molar-refractivity contribution in [1.29, 1.82) is 0 Å². The SMILES string of the molecule is CCOc1ccccc1CCC(=O)N1CCO[C@@H](CC(=O)O)C1. The van der Waals surface area contributed by atoms with E-state index >= 15 is 0 Å². The van der Waals surface area contributed by atoms with Gasteiger partial charge in [-0.2, -0.15) is 0 Å². The molecule has 0 bridgehead atoms. The van der Waals surface area contributed by atoms with E-state index in [4.69, 9.17) is 14.6 Å². The van der Waals surface area contributed by atoms with Gasteiger partial charge in [-0.15, -0.1) is 0 Å². The van der Waals surface area contributed by atoms with Gasteiger partial charge in [-0.1, -0.05) is 18.2 Å². The van der Waals surface area contributed by atoms with E-state index in [9.17, 15) is 9.59 Å². The maximum Gasteiger partial charge on any atom is 0.306 e. The lowest BCUT2D eigenvalue weighted by molar-refractivity contribution is -0.147. The van der Waals surface area contributed by atoms with Gasteiger partial charge < -0.3 is 19.5 Å². The molecule has 1 amide bonds. The lowest BCUT2D eigenvalue weighted by Crippen LogP contribution is -2.46. The van der Waals surface area contributed by atoms with Crippen LogP contribution in [0.3, 0.4) is 0 Å². The van der Waals surface area contributed by atoms with Crippen molar-refractivity contribution in [3.8, 4) is 5.75 Å². The molecule has 126 valence electrons. The van der Waals surface area contributed by atoms with E-state index in [-0.39, 0.29) is 12.3 Å². The molecule has 6 nitrogen and oxygen atoms in total. The van der Waals surface area contributed by atoms with E-state index in [0.717, 1.165) is 11.3 Å². The van der Waals surface area contributed by atoms with Crippen molar-refractivity contribution in [3.63, 3.8) is 0 Å². The minimum absolute atomic E-state index is 0.0231. The topological polar surface area (TPSA) is 76.1 Å². The molecule has 1 saturated heterocycles. The Hall–Kier alpha value is -2.08. The van der Waals surface area contributed by atoms with Crippen molar-refractivity contribution in [2.45, 2.75) is 32.3 Å². The highest BCUT2D eigenvalue weighted by Gasteiger charge is 2.25. The van der Waals surface area contributed by atoms with Crippen LogP contribution in [-0.4, -0.2) is 54.3 Å². The fourth-order valence-corrected chi connectivity index (χ4v) is 2.67. The number of hydrogen-bond donors (Lipinski definition) is 1. The second kappa shape index (κ2) is 8.53. The number of carbonyl (C=O) groups excluding carboxylic acids is 1. The zero-order chi connectivity index (χ0) is 16.7. The van der Waals surface area contributed by atoms with Crippen LogP contribution >= 0.6 is 0 Å². The second-order valence-electron chi connectivity index (χ2n) is 5.47. The van der Waals surface area contributed by atoms with E-state index < -0.39 is 12.1 Å². The number of morpholine rings is 1. The molecule has 0 unspecified atom stereocenters. The van der Waals surface area contributed by atoms with Crippen LogP contribution in [0.15, 0.2) is 24.3 Å². The molecule has 0 aliphatic carbocycles. The number of amides is 1. The Labute approximate surface area is 136 Å². The summed E-state index contributed by atoms with van der Waals surface area (Å²) < 4.78 is 11.0. The van der Waals surface area contributed by atoms with Gasteiger partial charge in [0.05, 0.1) is 25.7 Å². The number of rotatable bonds is 7. The largest absolute Gasteiger partial charge is 0.494 e. The molecule has 1 aromatic carbocycles. The number of benzene rings is 1. The maximum absolute atomic E-state index is 12.4. The number of aliphatic carboxylic acids is 1. The Balaban J connectivity index is 1.88. The van der Waals surface area contributed by atoms with Gasteiger partial charge in [-0.25, -0.2) is 0 Å². The number of hydrogen-bond acceptors (Lipinski definition) is 4. The van der Waals surface area contributed by atoms with Gasteiger partial charge >= 0.3 is 5.97 Å². The number of carbonyl (C=O) groups is 2. The third-order valence-corrected chi connectivity index (χ3v) is 3.77. The normalized spacial score (nSPS) is 17.8. The van der Waals surface area contributed by atoms with E-state index in [1.807, 2.05) is 31.2 Å². The highest BCUT2D eigenvalue weighted by molar-refractivity contribution is 5.77. The quantitative estimate of drug-likeness (QED) is 0.827. The molecule has 0 aromatic heterocycles. The Morgan fingerprint density at radius 3 is 2.91 bits per heavy atom. The average molecular weight is 321 g/mol. The molecule has 1 N–H and O–H groups in total. The number of para-hydroxylation sites is 1. The van der Waals surface area contributed by atoms with Gasteiger partial charge in [-0.05, 0) is 25.0 Å². The number of ether oxygens (including phenoxy) is 2. The summed E-state index contributed by atoms with van der Waals surface area (Å²) in [5.74, 6) is -0.0709. The van der Waals surface area contributed by atoms with Crippen LogP contribution in [0.1, 0.15) is 25.3 Å². The minimum atomic E-state index is -0.907. The van der Waals surface area contributed by atoms with Crippen molar-refractivity contribution in [3.05, 3.63) is 29.8 Å². The molecule has 0 radical (unpaired) electrons. The molecule has 1 aromatic rings. The summed E-state index contributed by atoms with van der Waals surface area (Å²) in [6, 6.07) is 7.71. The van der Waals surface area contributed by atoms with Crippen LogP contribution in [0.4, 0.5) is 0 Å². The number of carboxylic acids is 1. The third-order valence-electron chi connectivity index (χ3n) is 3.77. The first-order valence-corrected chi connectivity index (χ1v) is 7.92. The maximum atomic E-state index is 12.4. The molecular weight excluding hydrogens is 298 g/mol. The summed E-state index contributed by atoms with van der Waals surface area (Å²) in [7, 11) is 0. The summed E-state index contributed by atoms with van der Waals surface area (Å²) in [6.07, 6.45) is 0.498. The fourth-order valence-electron chi connectivity index (χ4n) is 2.67. The van der Waals surface area contributed by atoms with E-state index in [1.165, 1.54) is 0 Å². The Kier molecular flexibility index (Phi) is 6.40. The van der Waals surface area contributed by atoms with E-state index in [1.54, 1.807) is 4.90 Å². The number of carboxylic acid groups (broad SMARTS) is 1. The fraction of sp³-hybridized carbons (Fsp3) is 0.529. The van der Waals surface area contributed by atoms with Gasteiger partial charge in [0.1, 0.15) is 5.75 Å². The molecule has 0 spiro atoms. The first-order valence-electron chi connectivity index (χ1n) is 7.92. The molecule has 1 aliphatic rings. The predicted octanol–water partition coefficient (Wildman–Crippen LogP) is 1.72. The van der Waals surface area contributed by atoms with E-state index in [2.05, 4.69) is 0 Å². The van der Waals surface area contributed by atoms with Crippen molar-refractivity contribution >= 4 is 11.9 Å². The zero-order valence-corrected chi connectivity index (χ0v) is 13.4. The van der Waals surface area contributed by atoms with Crippen LogP contribution in [0.5, 0.6) is 5.75 Å². The first kappa shape index (κ1) is 17.3. The molecule has 1 heterocycles. The Morgan fingerprint density at radius 1 is 1.39 bits per heavy atom. The summed E-state index contributed by atoms with van der Waals surface area (Å²) in [5, 5.41) is 8.83. The van der Waals surface area contributed by atoms with Crippen LogP contribution in [0.25, 0.3) is 0 Å². The van der Waals surface area contributed by atoms with Gasteiger partial charge in [0.2, 0.25) is 5.91 Å². The minimum Gasteiger partial charge on any atom is -0.494 e. The van der Waals surface area contributed by atoms with Gasteiger partial charge in [0, 0.05) is 19.5 Å². The van der Waals surface area contributed by atoms with E-state index in [0.29, 0.717) is 39.1 Å². The summed E-state index contributed by atoms with van der Waals surface area (Å²) in [5.41, 5.74) is 1.01. The highest BCUT2D eigenvalue weighted by Crippen LogP contribution is 2.20. The lowest BCUT2D eigenvalue weighted by atomic mass is 10.1. The predicted molar refractivity (Wildman–Crippen MR) is 84.5 cm³/mol. The monoisotopic (exact) mass is 321 g/mol. The molecule has 2 rings (SSSR count). The van der Waals surface area contributed by atoms with Crippen molar-refractivity contribution in [1.82, 2.24) is 4.90 Å². The van der Waals surface area contributed by atoms with Crippen LogP contribution in [0, 0.1) is 0 Å².